The molecule has 1 atom stereocenters. The largest absolute Gasteiger partial charge is 0.341 e. The number of amides is 2. The van der Waals surface area contributed by atoms with Crippen LogP contribution in [0.25, 0.3) is 0 Å². The van der Waals surface area contributed by atoms with Gasteiger partial charge in [0.1, 0.15) is 0 Å². The Labute approximate surface area is 132 Å². The van der Waals surface area contributed by atoms with Gasteiger partial charge >= 0.3 is 0 Å². The highest BCUT2D eigenvalue weighted by atomic mass is 16.2. The second-order valence-corrected chi connectivity index (χ2v) is 6.67. The lowest BCUT2D eigenvalue weighted by atomic mass is 9.94. The minimum atomic E-state index is -0.00499. The van der Waals surface area contributed by atoms with E-state index in [9.17, 15) is 9.59 Å². The standard InChI is InChI=1S/C18H24N2O2/c1-12-6-7-13(2)16(9-12)17-5-4-8-20(17)18(22)15-10-19(11-15)14(3)21/h6-7,9,15,17H,4-5,8,10-11H2,1-3H3. The third kappa shape index (κ3) is 2.62. The third-order valence-corrected chi connectivity index (χ3v) is 5.01. The molecular weight excluding hydrogens is 276 g/mol. The molecule has 118 valence electrons. The van der Waals surface area contributed by atoms with Crippen LogP contribution in [0.3, 0.4) is 0 Å². The van der Waals surface area contributed by atoms with Crippen LogP contribution in [0.2, 0.25) is 0 Å². The lowest BCUT2D eigenvalue weighted by molar-refractivity contribution is -0.148. The number of carbonyl (C=O) groups is 2. The van der Waals surface area contributed by atoms with Gasteiger partial charge in [0.25, 0.3) is 0 Å². The van der Waals surface area contributed by atoms with Crippen LogP contribution in [0.5, 0.6) is 0 Å². The zero-order chi connectivity index (χ0) is 15.9. The van der Waals surface area contributed by atoms with Gasteiger partial charge in [0.15, 0.2) is 0 Å². The highest BCUT2D eigenvalue weighted by Gasteiger charge is 2.40. The molecule has 1 aromatic rings. The molecule has 0 aliphatic carbocycles. The molecular formula is C18H24N2O2. The van der Waals surface area contributed by atoms with Gasteiger partial charge in [0.05, 0.1) is 12.0 Å². The van der Waals surface area contributed by atoms with E-state index >= 15 is 0 Å². The number of benzene rings is 1. The van der Waals surface area contributed by atoms with E-state index in [0.717, 1.165) is 19.4 Å². The molecule has 0 saturated carbocycles. The van der Waals surface area contributed by atoms with Crippen molar-refractivity contribution in [2.24, 2.45) is 5.92 Å². The van der Waals surface area contributed by atoms with E-state index in [1.807, 2.05) is 4.90 Å². The predicted octanol–water partition coefficient (Wildman–Crippen LogP) is 2.45. The Morgan fingerprint density at radius 2 is 1.91 bits per heavy atom. The molecule has 2 saturated heterocycles. The van der Waals surface area contributed by atoms with E-state index in [4.69, 9.17) is 0 Å². The molecule has 4 nitrogen and oxygen atoms in total. The summed E-state index contributed by atoms with van der Waals surface area (Å²) in [6.07, 6.45) is 2.10. The summed E-state index contributed by atoms with van der Waals surface area (Å²) in [7, 11) is 0. The Bertz CT molecular complexity index is 605. The van der Waals surface area contributed by atoms with Crippen molar-refractivity contribution in [2.45, 2.75) is 39.7 Å². The van der Waals surface area contributed by atoms with Crippen LogP contribution in [0, 0.1) is 19.8 Å². The normalized spacial score (nSPS) is 21.9. The molecule has 0 N–H and O–H groups in total. The summed E-state index contributed by atoms with van der Waals surface area (Å²) < 4.78 is 0. The number of aryl methyl sites for hydroxylation is 2. The molecule has 2 heterocycles. The molecule has 2 aliphatic rings. The van der Waals surface area contributed by atoms with Crippen LogP contribution in [0.1, 0.15) is 42.5 Å². The third-order valence-electron chi connectivity index (χ3n) is 5.01. The summed E-state index contributed by atoms with van der Waals surface area (Å²) in [5.41, 5.74) is 3.79. The zero-order valence-electron chi connectivity index (χ0n) is 13.6. The fourth-order valence-corrected chi connectivity index (χ4v) is 3.60. The van der Waals surface area contributed by atoms with E-state index in [1.54, 1.807) is 11.8 Å². The molecule has 3 rings (SSSR count). The summed E-state index contributed by atoms with van der Waals surface area (Å²) in [5, 5.41) is 0. The van der Waals surface area contributed by atoms with Gasteiger partial charge in [-0.1, -0.05) is 23.8 Å². The summed E-state index contributed by atoms with van der Waals surface area (Å²) >= 11 is 0. The van der Waals surface area contributed by atoms with Gasteiger partial charge in [-0.2, -0.15) is 0 Å². The molecule has 0 radical (unpaired) electrons. The SMILES string of the molecule is CC(=O)N1CC(C(=O)N2CCCC2c2cc(C)ccc2C)C1. The van der Waals surface area contributed by atoms with Crippen molar-refractivity contribution < 1.29 is 9.59 Å². The first-order valence-corrected chi connectivity index (χ1v) is 8.10. The number of nitrogens with zero attached hydrogens (tertiary/aromatic N) is 2. The van der Waals surface area contributed by atoms with E-state index in [0.29, 0.717) is 13.1 Å². The molecule has 0 bridgehead atoms. The lowest BCUT2D eigenvalue weighted by Gasteiger charge is -2.40. The van der Waals surface area contributed by atoms with Gasteiger partial charge in [-0.25, -0.2) is 0 Å². The number of carbonyl (C=O) groups excluding carboxylic acids is 2. The van der Waals surface area contributed by atoms with Gasteiger partial charge in [-0.15, -0.1) is 0 Å². The Morgan fingerprint density at radius 1 is 1.18 bits per heavy atom. The van der Waals surface area contributed by atoms with Crippen molar-refractivity contribution >= 4 is 11.8 Å². The van der Waals surface area contributed by atoms with Crippen molar-refractivity contribution in [3.05, 3.63) is 34.9 Å². The topological polar surface area (TPSA) is 40.6 Å². The summed E-state index contributed by atoms with van der Waals surface area (Å²) in [6, 6.07) is 6.69. The quantitative estimate of drug-likeness (QED) is 0.842. The highest BCUT2D eigenvalue weighted by Crippen LogP contribution is 2.36. The van der Waals surface area contributed by atoms with Gasteiger partial charge < -0.3 is 9.80 Å². The van der Waals surface area contributed by atoms with Crippen LogP contribution in [0.15, 0.2) is 18.2 Å². The molecule has 0 aromatic heterocycles. The molecule has 2 fully saturated rings. The maximum Gasteiger partial charge on any atom is 0.229 e. The molecule has 0 spiro atoms. The Morgan fingerprint density at radius 3 is 2.59 bits per heavy atom. The molecule has 2 amide bonds. The summed E-state index contributed by atoms with van der Waals surface area (Å²) in [5.74, 6) is 0.284. The van der Waals surface area contributed by atoms with E-state index in [-0.39, 0.29) is 23.8 Å². The van der Waals surface area contributed by atoms with E-state index in [2.05, 4.69) is 32.0 Å². The van der Waals surface area contributed by atoms with Crippen LogP contribution >= 0.6 is 0 Å². The Hall–Kier alpha value is -1.84. The van der Waals surface area contributed by atoms with Gasteiger partial charge in [0, 0.05) is 26.6 Å². The smallest absolute Gasteiger partial charge is 0.229 e. The summed E-state index contributed by atoms with van der Waals surface area (Å²) in [6.45, 7) is 7.80. The monoisotopic (exact) mass is 300 g/mol. The van der Waals surface area contributed by atoms with Crippen molar-refractivity contribution in [2.75, 3.05) is 19.6 Å². The van der Waals surface area contributed by atoms with Crippen LogP contribution in [-0.4, -0.2) is 41.2 Å². The van der Waals surface area contributed by atoms with Crippen LogP contribution < -0.4 is 0 Å². The highest BCUT2D eigenvalue weighted by molar-refractivity contribution is 5.84. The molecule has 4 heteroatoms. The van der Waals surface area contributed by atoms with Crippen molar-refractivity contribution in [3.63, 3.8) is 0 Å². The zero-order valence-corrected chi connectivity index (χ0v) is 13.6. The molecule has 1 aromatic carbocycles. The molecule has 1 unspecified atom stereocenters. The molecule has 2 aliphatic heterocycles. The first-order valence-electron chi connectivity index (χ1n) is 8.10. The average molecular weight is 300 g/mol. The maximum atomic E-state index is 12.8. The van der Waals surface area contributed by atoms with Gasteiger partial charge in [0.2, 0.25) is 11.8 Å². The minimum Gasteiger partial charge on any atom is -0.341 e. The van der Waals surface area contributed by atoms with Gasteiger partial charge in [-0.05, 0) is 37.8 Å². The van der Waals surface area contributed by atoms with E-state index in [1.165, 1.54) is 16.7 Å². The van der Waals surface area contributed by atoms with Crippen LogP contribution in [-0.2, 0) is 9.59 Å². The maximum absolute atomic E-state index is 12.8. The van der Waals surface area contributed by atoms with Crippen LogP contribution in [0.4, 0.5) is 0 Å². The second-order valence-electron chi connectivity index (χ2n) is 6.67. The Kier molecular flexibility index (Phi) is 3.94. The predicted molar refractivity (Wildman–Crippen MR) is 85.3 cm³/mol. The first kappa shape index (κ1) is 15.1. The molecule has 22 heavy (non-hydrogen) atoms. The number of hydrogen-bond donors (Lipinski definition) is 0. The minimum absolute atomic E-state index is 0.00499. The first-order chi connectivity index (χ1) is 10.5. The fraction of sp³-hybridized carbons (Fsp3) is 0.556. The van der Waals surface area contributed by atoms with Gasteiger partial charge in [-0.3, -0.25) is 9.59 Å². The van der Waals surface area contributed by atoms with Crippen molar-refractivity contribution in [3.8, 4) is 0 Å². The number of rotatable bonds is 2. The van der Waals surface area contributed by atoms with Crippen molar-refractivity contribution in [1.82, 2.24) is 9.80 Å². The Balaban J connectivity index is 1.75. The lowest BCUT2D eigenvalue weighted by Crippen LogP contribution is -2.55. The second kappa shape index (κ2) is 5.75. The number of hydrogen-bond acceptors (Lipinski definition) is 2. The fourth-order valence-electron chi connectivity index (χ4n) is 3.60. The van der Waals surface area contributed by atoms with E-state index < -0.39 is 0 Å². The number of likely N-dealkylation sites (tertiary alicyclic amines) is 2. The van der Waals surface area contributed by atoms with Crippen molar-refractivity contribution in [1.29, 1.82) is 0 Å². The summed E-state index contributed by atoms with van der Waals surface area (Å²) in [4.78, 5) is 27.8. The average Bonchev–Trinajstić information content (AvgIpc) is 2.88.